The van der Waals surface area contributed by atoms with E-state index in [1.54, 1.807) is 30.3 Å². The third kappa shape index (κ3) is 5.93. The Hall–Kier alpha value is -4.25. The number of Topliss-reactive ketones (excluding diaryl/α,β-unsaturated/α-hetero) is 2. The van der Waals surface area contributed by atoms with Crippen molar-refractivity contribution < 1.29 is 31.3 Å². The minimum atomic E-state index is -4.41. The number of pyridine rings is 1. The Morgan fingerprint density at radius 3 is 2.00 bits per heavy atom. The fraction of sp³-hybridized carbons (Fsp3) is 0.172. The third-order valence-corrected chi connectivity index (χ3v) is 7.04. The second kappa shape index (κ2) is 11.2. The summed E-state index contributed by atoms with van der Waals surface area (Å²) in [5.74, 6) is 0.125. The average Bonchev–Trinajstić information content (AvgIpc) is 3.37. The molecule has 0 radical (unpaired) electrons. The third-order valence-electron chi connectivity index (χ3n) is 6.64. The number of hydrogen-bond acceptors (Lipinski definition) is 7. The maximum absolute atomic E-state index is 12.7. The SMILES string of the molecule is COS(=O)(=O)[O-].Cc1n(C)cc[n+]1C.O=C1c2ccccc2C(=O)C1c1ccc2c(ccc3ccccc32)n1. The molecule has 0 saturated carbocycles. The van der Waals surface area contributed by atoms with Gasteiger partial charge in [-0.15, -0.1) is 0 Å². The van der Waals surface area contributed by atoms with Gasteiger partial charge in [-0.25, -0.2) is 17.6 Å². The summed E-state index contributed by atoms with van der Waals surface area (Å²) < 4.78 is 35.2. The Morgan fingerprint density at radius 2 is 1.49 bits per heavy atom. The smallest absolute Gasteiger partial charge is 0.252 e. The molecule has 9 nitrogen and oxygen atoms in total. The van der Waals surface area contributed by atoms with Gasteiger partial charge in [0.15, 0.2) is 11.6 Å². The van der Waals surface area contributed by atoms with Gasteiger partial charge in [-0.2, -0.15) is 0 Å². The van der Waals surface area contributed by atoms with Crippen molar-refractivity contribution in [1.29, 1.82) is 0 Å². The summed E-state index contributed by atoms with van der Waals surface area (Å²) in [7, 11) is 0.470. The first kappa shape index (κ1) is 27.8. The highest BCUT2D eigenvalue weighted by Gasteiger charge is 2.40. The number of fused-ring (bicyclic) bond motifs is 4. The fourth-order valence-electron chi connectivity index (χ4n) is 4.34. The van der Waals surface area contributed by atoms with Gasteiger partial charge < -0.3 is 4.55 Å². The van der Waals surface area contributed by atoms with Crippen molar-refractivity contribution in [1.82, 2.24) is 9.55 Å². The zero-order valence-corrected chi connectivity index (χ0v) is 22.7. The number of aryl methyl sites for hydroxylation is 2. The fourth-order valence-corrected chi connectivity index (χ4v) is 4.34. The number of rotatable bonds is 2. The Labute approximate surface area is 226 Å². The predicted octanol–water partition coefficient (Wildman–Crippen LogP) is 3.80. The Bertz CT molecular complexity index is 1760. The van der Waals surface area contributed by atoms with Crippen molar-refractivity contribution in [3.63, 3.8) is 0 Å². The van der Waals surface area contributed by atoms with Gasteiger partial charge in [0.05, 0.1) is 32.4 Å². The van der Waals surface area contributed by atoms with E-state index in [9.17, 15) is 22.6 Å². The number of carbonyl (C=O) groups is 2. The lowest BCUT2D eigenvalue weighted by atomic mass is 9.97. The summed E-state index contributed by atoms with van der Waals surface area (Å²) in [5, 5.41) is 3.29. The number of benzene rings is 3. The van der Waals surface area contributed by atoms with Crippen molar-refractivity contribution in [2.24, 2.45) is 14.1 Å². The van der Waals surface area contributed by atoms with Crippen LogP contribution in [0.15, 0.2) is 85.2 Å². The molecule has 2 aromatic heterocycles. The van der Waals surface area contributed by atoms with Gasteiger partial charge in [0.25, 0.3) is 5.82 Å². The lowest BCUT2D eigenvalue weighted by Crippen LogP contribution is -2.29. The van der Waals surface area contributed by atoms with Crippen LogP contribution in [-0.2, 0) is 28.7 Å². The lowest BCUT2D eigenvalue weighted by Gasteiger charge is -2.09. The van der Waals surface area contributed by atoms with Gasteiger partial charge in [-0.3, -0.25) is 18.8 Å². The van der Waals surface area contributed by atoms with Gasteiger partial charge in [-0.1, -0.05) is 60.7 Å². The monoisotopic (exact) mass is 545 g/mol. The quantitative estimate of drug-likeness (QED) is 0.109. The zero-order valence-electron chi connectivity index (χ0n) is 21.9. The first-order valence-electron chi connectivity index (χ1n) is 12.0. The van der Waals surface area contributed by atoms with Crippen LogP contribution in [0.5, 0.6) is 0 Å². The average molecular weight is 546 g/mol. The number of carbonyl (C=O) groups excluding carboxylic acids is 2. The molecule has 1 aliphatic carbocycles. The summed E-state index contributed by atoms with van der Waals surface area (Å²) in [6, 6.07) is 22.8. The standard InChI is InChI=1S/C22H13NO2.C6H11N2.CH4O4S/c24-21-16-7-3-4-8-17(16)22(25)20(21)19-12-10-15-14-6-2-1-5-13(14)9-11-18(15)23-19;1-6-7(2)4-5-8(6)3;1-5-6(2,3)4/h1-12,20H;4-5H,1-3H3;1H3,(H,2,3,4)/q;+1;/p-1. The van der Waals surface area contributed by atoms with E-state index >= 15 is 0 Å². The summed E-state index contributed by atoms with van der Waals surface area (Å²) >= 11 is 0. The van der Waals surface area contributed by atoms with Gasteiger partial charge in [0.2, 0.25) is 10.4 Å². The number of nitrogens with zero attached hydrogens (tertiary/aromatic N) is 3. The molecule has 0 N–H and O–H groups in total. The lowest BCUT2D eigenvalue weighted by molar-refractivity contribution is -0.677. The molecule has 10 heteroatoms. The summed E-state index contributed by atoms with van der Waals surface area (Å²) in [4.78, 5) is 30.0. The minimum Gasteiger partial charge on any atom is -0.726 e. The molecule has 0 bridgehead atoms. The molecule has 0 spiro atoms. The Balaban J connectivity index is 0.000000208. The molecule has 0 saturated heterocycles. The van der Waals surface area contributed by atoms with Crippen molar-refractivity contribution in [2.75, 3.05) is 7.11 Å². The van der Waals surface area contributed by atoms with Crippen LogP contribution < -0.4 is 4.57 Å². The van der Waals surface area contributed by atoms with E-state index in [1.165, 1.54) is 5.82 Å². The molecular formula is C29H27N3O6S. The van der Waals surface area contributed by atoms with E-state index in [2.05, 4.69) is 37.4 Å². The van der Waals surface area contributed by atoms with Crippen LogP contribution in [0, 0.1) is 6.92 Å². The highest BCUT2D eigenvalue weighted by molar-refractivity contribution is 7.80. The van der Waals surface area contributed by atoms with Crippen LogP contribution >= 0.6 is 0 Å². The highest BCUT2D eigenvalue weighted by atomic mass is 32.3. The molecule has 0 atom stereocenters. The molecule has 2 heterocycles. The Kier molecular flexibility index (Phi) is 8.01. The first-order chi connectivity index (χ1) is 18.5. The maximum Gasteiger partial charge on any atom is 0.252 e. The molecule has 39 heavy (non-hydrogen) atoms. The summed E-state index contributed by atoms with van der Waals surface area (Å²) in [6.45, 7) is 2.08. The van der Waals surface area contributed by atoms with Gasteiger partial charge in [-0.05, 0) is 22.9 Å². The van der Waals surface area contributed by atoms with E-state index in [1.807, 2.05) is 56.8 Å². The number of imidazole rings is 1. The summed E-state index contributed by atoms with van der Waals surface area (Å²) in [5.41, 5.74) is 2.32. The van der Waals surface area contributed by atoms with Crippen LogP contribution in [-0.4, -0.2) is 41.2 Å². The van der Waals surface area contributed by atoms with Gasteiger partial charge >= 0.3 is 0 Å². The molecule has 200 valence electrons. The number of hydrogen-bond donors (Lipinski definition) is 0. The van der Waals surface area contributed by atoms with Crippen LogP contribution in [0.25, 0.3) is 21.7 Å². The van der Waals surface area contributed by atoms with E-state index < -0.39 is 16.3 Å². The van der Waals surface area contributed by atoms with Gasteiger partial charge in [0.1, 0.15) is 18.3 Å². The van der Waals surface area contributed by atoms with E-state index in [4.69, 9.17) is 0 Å². The minimum absolute atomic E-state index is 0.159. The molecule has 1 aliphatic rings. The zero-order chi connectivity index (χ0) is 28.3. The van der Waals surface area contributed by atoms with Crippen molar-refractivity contribution >= 4 is 43.6 Å². The largest absolute Gasteiger partial charge is 0.726 e. The van der Waals surface area contributed by atoms with Crippen LogP contribution in [0.3, 0.4) is 0 Å². The predicted molar refractivity (Wildman–Crippen MR) is 145 cm³/mol. The maximum atomic E-state index is 12.7. The van der Waals surface area contributed by atoms with Crippen LogP contribution in [0.2, 0.25) is 0 Å². The number of aromatic nitrogens is 3. The van der Waals surface area contributed by atoms with Gasteiger partial charge in [0, 0.05) is 23.4 Å². The van der Waals surface area contributed by atoms with E-state index in [0.717, 1.165) is 28.8 Å². The molecule has 0 amide bonds. The molecule has 6 rings (SSSR count). The van der Waals surface area contributed by atoms with Crippen LogP contribution in [0.4, 0.5) is 0 Å². The molecule has 0 fully saturated rings. The van der Waals surface area contributed by atoms with E-state index in [-0.39, 0.29) is 11.6 Å². The molecule has 3 aromatic carbocycles. The topological polar surface area (TPSA) is 122 Å². The normalized spacial score (nSPS) is 13.1. The number of ketones is 2. The van der Waals surface area contributed by atoms with Crippen molar-refractivity contribution in [2.45, 2.75) is 12.8 Å². The Morgan fingerprint density at radius 1 is 0.897 bits per heavy atom. The first-order valence-corrected chi connectivity index (χ1v) is 13.3. The molecular weight excluding hydrogens is 518 g/mol. The van der Waals surface area contributed by atoms with E-state index in [0.29, 0.717) is 16.8 Å². The molecule has 0 aliphatic heterocycles. The van der Waals surface area contributed by atoms with Crippen LogP contribution in [0.1, 0.15) is 38.2 Å². The molecule has 5 aromatic rings. The second-order valence-corrected chi connectivity index (χ2v) is 10.1. The highest BCUT2D eigenvalue weighted by Crippen LogP contribution is 2.34. The summed E-state index contributed by atoms with van der Waals surface area (Å²) in [6.07, 6.45) is 4.07. The molecule has 0 unspecified atom stereocenters. The van der Waals surface area contributed by atoms with Crippen molar-refractivity contribution in [3.8, 4) is 0 Å². The van der Waals surface area contributed by atoms with Crippen molar-refractivity contribution in [3.05, 3.63) is 108 Å². The second-order valence-electron chi connectivity index (χ2n) is 8.94.